The van der Waals surface area contributed by atoms with Crippen LogP contribution in [0, 0.1) is 5.92 Å². The van der Waals surface area contributed by atoms with Gasteiger partial charge in [-0.1, -0.05) is 13.3 Å². The highest BCUT2D eigenvalue weighted by Crippen LogP contribution is 2.23. The first-order valence-corrected chi connectivity index (χ1v) is 7.01. The Morgan fingerprint density at radius 3 is 2.89 bits per heavy atom. The molecule has 1 aromatic heterocycles. The number of halogens is 1. The molecule has 1 aliphatic heterocycles. The fourth-order valence-corrected chi connectivity index (χ4v) is 2.45. The zero-order valence-corrected chi connectivity index (χ0v) is 11.7. The molecule has 0 radical (unpaired) electrons. The second-order valence-corrected chi connectivity index (χ2v) is 4.96. The second-order valence-electron chi connectivity index (χ2n) is 4.62. The van der Waals surface area contributed by atoms with E-state index in [1.165, 1.54) is 19.3 Å². The number of piperidine rings is 1. The van der Waals surface area contributed by atoms with Gasteiger partial charge in [0.25, 0.3) is 0 Å². The van der Waals surface area contributed by atoms with Crippen molar-refractivity contribution in [3.8, 4) is 0 Å². The summed E-state index contributed by atoms with van der Waals surface area (Å²) in [6, 6.07) is 0. The van der Waals surface area contributed by atoms with Gasteiger partial charge in [0, 0.05) is 19.6 Å². The Morgan fingerprint density at radius 1 is 1.33 bits per heavy atom. The van der Waals surface area contributed by atoms with E-state index in [9.17, 15) is 0 Å². The van der Waals surface area contributed by atoms with E-state index in [-0.39, 0.29) is 5.28 Å². The summed E-state index contributed by atoms with van der Waals surface area (Å²) < 4.78 is 0. The third-order valence-corrected chi connectivity index (χ3v) is 3.48. The average Bonchev–Trinajstić information content (AvgIpc) is 2.38. The van der Waals surface area contributed by atoms with Crippen LogP contribution < -0.4 is 10.2 Å². The fraction of sp³-hybridized carbons (Fsp3) is 0.750. The topological polar surface area (TPSA) is 53.9 Å². The fourth-order valence-electron chi connectivity index (χ4n) is 2.30. The Morgan fingerprint density at radius 2 is 2.17 bits per heavy atom. The van der Waals surface area contributed by atoms with Crippen molar-refractivity contribution in [2.45, 2.75) is 33.1 Å². The maximum absolute atomic E-state index is 5.95. The van der Waals surface area contributed by atoms with Crippen molar-refractivity contribution in [3.63, 3.8) is 0 Å². The van der Waals surface area contributed by atoms with Crippen molar-refractivity contribution in [2.75, 3.05) is 29.9 Å². The first-order chi connectivity index (χ1) is 8.72. The van der Waals surface area contributed by atoms with E-state index in [0.717, 1.165) is 25.6 Å². The minimum Gasteiger partial charge on any atom is -0.354 e. The summed E-state index contributed by atoms with van der Waals surface area (Å²) in [5, 5.41) is 3.34. The normalized spacial score (nSPS) is 19.9. The van der Waals surface area contributed by atoms with Crippen molar-refractivity contribution in [2.24, 2.45) is 5.92 Å². The van der Waals surface area contributed by atoms with E-state index in [0.29, 0.717) is 11.9 Å². The van der Waals surface area contributed by atoms with Crippen molar-refractivity contribution in [1.29, 1.82) is 0 Å². The van der Waals surface area contributed by atoms with Gasteiger partial charge in [-0.3, -0.25) is 0 Å². The van der Waals surface area contributed by atoms with E-state index >= 15 is 0 Å². The van der Waals surface area contributed by atoms with Gasteiger partial charge in [-0.15, -0.1) is 0 Å². The quantitative estimate of drug-likeness (QED) is 0.911. The first-order valence-electron chi connectivity index (χ1n) is 6.63. The molecule has 1 aliphatic rings. The van der Waals surface area contributed by atoms with Crippen LogP contribution in [0.3, 0.4) is 0 Å². The summed E-state index contributed by atoms with van der Waals surface area (Å²) in [5.41, 5.74) is 0. The van der Waals surface area contributed by atoms with E-state index in [4.69, 9.17) is 11.6 Å². The standard InChI is InChI=1S/C12H20ClN5/c1-3-9-6-5-7-18(8-9)12-16-10(13)15-11(17-12)14-4-2/h9H,3-8H2,1-2H3,(H,14,15,16,17). The van der Waals surface area contributed by atoms with Crippen LogP contribution >= 0.6 is 11.6 Å². The molecule has 0 saturated carbocycles. The zero-order valence-electron chi connectivity index (χ0n) is 11.0. The van der Waals surface area contributed by atoms with Crippen LogP contribution in [-0.2, 0) is 0 Å². The highest BCUT2D eigenvalue weighted by atomic mass is 35.5. The molecule has 1 N–H and O–H groups in total. The molecule has 0 spiro atoms. The predicted octanol–water partition coefficient (Wildman–Crippen LogP) is 2.58. The number of nitrogens with one attached hydrogen (secondary N) is 1. The van der Waals surface area contributed by atoms with E-state index in [1.54, 1.807) is 0 Å². The highest BCUT2D eigenvalue weighted by Gasteiger charge is 2.21. The van der Waals surface area contributed by atoms with Crippen molar-refractivity contribution < 1.29 is 0 Å². The maximum Gasteiger partial charge on any atom is 0.231 e. The molecule has 100 valence electrons. The number of rotatable bonds is 4. The molecule has 6 heteroatoms. The van der Waals surface area contributed by atoms with Crippen LogP contribution in [0.25, 0.3) is 0 Å². The third kappa shape index (κ3) is 3.22. The zero-order chi connectivity index (χ0) is 13.0. The van der Waals surface area contributed by atoms with Crippen molar-refractivity contribution in [3.05, 3.63) is 5.28 Å². The van der Waals surface area contributed by atoms with Crippen molar-refractivity contribution >= 4 is 23.5 Å². The van der Waals surface area contributed by atoms with Gasteiger partial charge >= 0.3 is 0 Å². The molecular weight excluding hydrogens is 250 g/mol. The summed E-state index contributed by atoms with van der Waals surface area (Å²) >= 11 is 5.95. The van der Waals surface area contributed by atoms with Crippen LogP contribution in [0.2, 0.25) is 5.28 Å². The number of aromatic nitrogens is 3. The molecule has 2 heterocycles. The molecule has 1 atom stereocenters. The summed E-state index contributed by atoms with van der Waals surface area (Å²) in [6.07, 6.45) is 3.69. The number of anilines is 2. The summed E-state index contributed by atoms with van der Waals surface area (Å²) in [6.45, 7) is 7.03. The van der Waals surface area contributed by atoms with Crippen LogP contribution in [0.1, 0.15) is 33.1 Å². The molecule has 18 heavy (non-hydrogen) atoms. The largest absolute Gasteiger partial charge is 0.354 e. The third-order valence-electron chi connectivity index (χ3n) is 3.31. The number of hydrogen-bond acceptors (Lipinski definition) is 5. The number of nitrogens with zero attached hydrogens (tertiary/aromatic N) is 4. The number of hydrogen-bond donors (Lipinski definition) is 1. The van der Waals surface area contributed by atoms with Gasteiger partial charge in [0.1, 0.15) is 0 Å². The Bertz CT molecular complexity index is 398. The van der Waals surface area contributed by atoms with Crippen LogP contribution in [0.5, 0.6) is 0 Å². The molecule has 0 aliphatic carbocycles. The molecule has 5 nitrogen and oxygen atoms in total. The van der Waals surface area contributed by atoms with Gasteiger partial charge in [-0.2, -0.15) is 15.0 Å². The minimum absolute atomic E-state index is 0.259. The summed E-state index contributed by atoms with van der Waals surface area (Å²) in [5.74, 6) is 1.99. The summed E-state index contributed by atoms with van der Waals surface area (Å²) in [4.78, 5) is 14.9. The molecule has 1 saturated heterocycles. The molecular formula is C12H20ClN5. The summed E-state index contributed by atoms with van der Waals surface area (Å²) in [7, 11) is 0. The SMILES string of the molecule is CCNc1nc(Cl)nc(N2CCCC(CC)C2)n1. The molecule has 1 fully saturated rings. The van der Waals surface area contributed by atoms with Gasteiger partial charge < -0.3 is 10.2 Å². The van der Waals surface area contributed by atoms with E-state index < -0.39 is 0 Å². The van der Waals surface area contributed by atoms with Crippen LogP contribution in [-0.4, -0.2) is 34.6 Å². The molecule has 2 rings (SSSR count). The van der Waals surface area contributed by atoms with Gasteiger partial charge in [0.2, 0.25) is 17.2 Å². The Balaban J connectivity index is 2.16. The lowest BCUT2D eigenvalue weighted by atomic mass is 9.96. The maximum atomic E-state index is 5.95. The van der Waals surface area contributed by atoms with E-state index in [1.807, 2.05) is 6.92 Å². The van der Waals surface area contributed by atoms with Gasteiger partial charge in [-0.05, 0) is 37.3 Å². The first kappa shape index (κ1) is 13.3. The van der Waals surface area contributed by atoms with Crippen molar-refractivity contribution in [1.82, 2.24) is 15.0 Å². The van der Waals surface area contributed by atoms with Gasteiger partial charge in [0.15, 0.2) is 0 Å². The lowest BCUT2D eigenvalue weighted by Crippen LogP contribution is -2.36. The second kappa shape index (κ2) is 6.18. The van der Waals surface area contributed by atoms with Gasteiger partial charge in [-0.25, -0.2) is 0 Å². The molecule has 0 aromatic carbocycles. The Labute approximate surface area is 113 Å². The average molecular weight is 270 g/mol. The predicted molar refractivity (Wildman–Crippen MR) is 74.2 cm³/mol. The van der Waals surface area contributed by atoms with Gasteiger partial charge in [0.05, 0.1) is 0 Å². The smallest absolute Gasteiger partial charge is 0.231 e. The molecule has 0 amide bonds. The lowest BCUT2D eigenvalue weighted by Gasteiger charge is -2.32. The highest BCUT2D eigenvalue weighted by molar-refractivity contribution is 6.28. The Hall–Kier alpha value is -1.10. The van der Waals surface area contributed by atoms with Crippen LogP contribution in [0.15, 0.2) is 0 Å². The molecule has 0 bridgehead atoms. The van der Waals surface area contributed by atoms with E-state index in [2.05, 4.69) is 32.1 Å². The monoisotopic (exact) mass is 269 g/mol. The molecule has 1 unspecified atom stereocenters. The Kier molecular flexibility index (Phi) is 4.58. The minimum atomic E-state index is 0.259. The molecule has 1 aromatic rings. The lowest BCUT2D eigenvalue weighted by molar-refractivity contribution is 0.401. The van der Waals surface area contributed by atoms with Crippen LogP contribution in [0.4, 0.5) is 11.9 Å².